The van der Waals surface area contributed by atoms with E-state index in [0.29, 0.717) is 6.04 Å². The number of likely N-dealkylation sites (tertiary alicyclic amines) is 1. The van der Waals surface area contributed by atoms with Crippen molar-refractivity contribution in [3.05, 3.63) is 39.4 Å². The summed E-state index contributed by atoms with van der Waals surface area (Å²) in [5, 5.41) is 14.8. The van der Waals surface area contributed by atoms with E-state index in [4.69, 9.17) is 0 Å². The predicted molar refractivity (Wildman–Crippen MR) is 103 cm³/mol. The van der Waals surface area contributed by atoms with Gasteiger partial charge in [0, 0.05) is 63.5 Å². The van der Waals surface area contributed by atoms with Gasteiger partial charge in [-0.15, -0.1) is 12.4 Å². The average molecular weight is 369 g/mol. The van der Waals surface area contributed by atoms with Gasteiger partial charge in [-0.1, -0.05) is 26.0 Å². The summed E-state index contributed by atoms with van der Waals surface area (Å²) in [6.07, 6.45) is 1.20. The number of halogens is 1. The van der Waals surface area contributed by atoms with Crippen LogP contribution in [0, 0.1) is 10.1 Å². The number of hydrogen-bond acceptors (Lipinski definition) is 5. The number of hydrogen-bond donors (Lipinski definition) is 1. The van der Waals surface area contributed by atoms with Gasteiger partial charge in [0.2, 0.25) is 0 Å². The molecule has 1 aromatic carbocycles. The molecule has 0 aromatic heterocycles. The number of piperazine rings is 1. The highest BCUT2D eigenvalue weighted by molar-refractivity contribution is 5.85. The third-order valence-electron chi connectivity index (χ3n) is 5.24. The van der Waals surface area contributed by atoms with E-state index in [-0.39, 0.29) is 28.9 Å². The number of nitro benzene ring substituents is 1. The molecule has 2 aliphatic rings. The fourth-order valence-electron chi connectivity index (χ4n) is 3.89. The molecule has 1 N–H and O–H groups in total. The Morgan fingerprint density at radius 3 is 2.64 bits per heavy atom. The Morgan fingerprint density at radius 2 is 2.00 bits per heavy atom. The van der Waals surface area contributed by atoms with E-state index >= 15 is 0 Å². The fourth-order valence-corrected chi connectivity index (χ4v) is 3.89. The maximum atomic E-state index is 11.4. The molecule has 1 unspecified atom stereocenters. The Hall–Kier alpha value is -1.21. The van der Waals surface area contributed by atoms with E-state index in [9.17, 15) is 10.1 Å². The number of benzene rings is 1. The van der Waals surface area contributed by atoms with Crippen LogP contribution in [0.5, 0.6) is 0 Å². The van der Waals surface area contributed by atoms with Crippen molar-refractivity contribution in [1.82, 2.24) is 15.1 Å². The van der Waals surface area contributed by atoms with Crippen LogP contribution in [0.4, 0.5) is 5.69 Å². The van der Waals surface area contributed by atoms with Crippen LogP contribution in [-0.2, 0) is 6.54 Å². The van der Waals surface area contributed by atoms with Crippen LogP contribution in [0.2, 0.25) is 0 Å². The zero-order valence-corrected chi connectivity index (χ0v) is 15.9. The zero-order valence-electron chi connectivity index (χ0n) is 15.1. The first-order valence-corrected chi connectivity index (χ1v) is 8.99. The molecule has 2 saturated heterocycles. The third kappa shape index (κ3) is 4.91. The summed E-state index contributed by atoms with van der Waals surface area (Å²) in [4.78, 5) is 16.1. The minimum atomic E-state index is -0.244. The minimum absolute atomic E-state index is 0. The molecule has 6 nitrogen and oxygen atoms in total. The van der Waals surface area contributed by atoms with Crippen LogP contribution in [0.3, 0.4) is 0 Å². The summed E-state index contributed by atoms with van der Waals surface area (Å²) in [5.41, 5.74) is 2.14. The summed E-state index contributed by atoms with van der Waals surface area (Å²) in [7, 11) is 0. The molecule has 0 radical (unpaired) electrons. The van der Waals surface area contributed by atoms with Gasteiger partial charge in [0.05, 0.1) is 4.92 Å². The lowest BCUT2D eigenvalue weighted by molar-refractivity contribution is -0.385. The molecule has 3 rings (SSSR count). The van der Waals surface area contributed by atoms with Crippen LogP contribution in [-0.4, -0.2) is 60.0 Å². The predicted octanol–water partition coefficient (Wildman–Crippen LogP) is 2.62. The van der Waals surface area contributed by atoms with Crippen LogP contribution in [0.15, 0.2) is 18.2 Å². The topological polar surface area (TPSA) is 61.6 Å². The van der Waals surface area contributed by atoms with E-state index in [1.165, 1.54) is 6.42 Å². The molecular weight excluding hydrogens is 340 g/mol. The van der Waals surface area contributed by atoms with E-state index in [1.54, 1.807) is 6.07 Å². The molecule has 140 valence electrons. The molecule has 2 aliphatic heterocycles. The molecule has 2 heterocycles. The number of nitro groups is 1. The first kappa shape index (κ1) is 20.1. The van der Waals surface area contributed by atoms with Crippen molar-refractivity contribution >= 4 is 18.1 Å². The van der Waals surface area contributed by atoms with Crippen molar-refractivity contribution in [2.45, 2.75) is 38.8 Å². The first-order chi connectivity index (χ1) is 11.5. The second-order valence-corrected chi connectivity index (χ2v) is 7.27. The Morgan fingerprint density at radius 1 is 1.28 bits per heavy atom. The van der Waals surface area contributed by atoms with Gasteiger partial charge >= 0.3 is 0 Å². The van der Waals surface area contributed by atoms with Gasteiger partial charge in [0.1, 0.15) is 0 Å². The highest BCUT2D eigenvalue weighted by Gasteiger charge is 2.28. The van der Waals surface area contributed by atoms with Crippen molar-refractivity contribution in [2.75, 3.05) is 39.3 Å². The Balaban J connectivity index is 0.00000225. The van der Waals surface area contributed by atoms with Gasteiger partial charge in [0.25, 0.3) is 5.69 Å². The molecule has 0 saturated carbocycles. The maximum absolute atomic E-state index is 11.4. The molecule has 2 fully saturated rings. The monoisotopic (exact) mass is 368 g/mol. The van der Waals surface area contributed by atoms with Crippen LogP contribution in [0.1, 0.15) is 37.3 Å². The SMILES string of the molecule is CC(C)c1ccc(CN2CCC(N3CCNCC3)C2)cc1[N+](=O)[O-].Cl. The van der Waals surface area contributed by atoms with Crippen LogP contribution >= 0.6 is 12.4 Å². The molecule has 1 atom stereocenters. The second kappa shape index (κ2) is 8.94. The van der Waals surface area contributed by atoms with Crippen molar-refractivity contribution in [3.8, 4) is 0 Å². The molecule has 7 heteroatoms. The molecular formula is C18H29ClN4O2. The Bertz CT molecular complexity index is 590. The summed E-state index contributed by atoms with van der Waals surface area (Å²) < 4.78 is 0. The zero-order chi connectivity index (χ0) is 17.1. The normalized spacial score (nSPS) is 22.1. The van der Waals surface area contributed by atoms with Gasteiger partial charge in [-0.05, 0) is 17.9 Å². The molecule has 1 aromatic rings. The van der Waals surface area contributed by atoms with Crippen molar-refractivity contribution in [2.24, 2.45) is 0 Å². The number of nitrogens with one attached hydrogen (secondary N) is 1. The summed E-state index contributed by atoms with van der Waals surface area (Å²) in [5.74, 6) is 0.170. The summed E-state index contributed by atoms with van der Waals surface area (Å²) >= 11 is 0. The van der Waals surface area contributed by atoms with E-state index in [2.05, 4.69) is 21.2 Å². The molecule has 0 amide bonds. The van der Waals surface area contributed by atoms with Gasteiger partial charge < -0.3 is 5.32 Å². The fraction of sp³-hybridized carbons (Fsp3) is 0.667. The standard InChI is InChI=1S/C18H28N4O2.ClH/c1-14(2)17-4-3-15(11-18(17)22(23)24)12-20-8-5-16(13-20)21-9-6-19-7-10-21;/h3-4,11,14,16,19H,5-10,12-13H2,1-2H3;1H. The molecule has 25 heavy (non-hydrogen) atoms. The molecule has 0 spiro atoms. The summed E-state index contributed by atoms with van der Waals surface area (Å²) in [6, 6.07) is 6.40. The number of rotatable bonds is 5. The minimum Gasteiger partial charge on any atom is -0.314 e. The van der Waals surface area contributed by atoms with E-state index in [1.807, 2.05) is 19.9 Å². The third-order valence-corrected chi connectivity index (χ3v) is 5.24. The summed E-state index contributed by atoms with van der Waals surface area (Å²) in [6.45, 7) is 11.4. The first-order valence-electron chi connectivity index (χ1n) is 8.99. The van der Waals surface area contributed by atoms with Crippen molar-refractivity contribution in [3.63, 3.8) is 0 Å². The van der Waals surface area contributed by atoms with Gasteiger partial charge in [-0.2, -0.15) is 0 Å². The second-order valence-electron chi connectivity index (χ2n) is 7.27. The Labute approximate surface area is 156 Å². The highest BCUT2D eigenvalue weighted by atomic mass is 35.5. The van der Waals surface area contributed by atoms with Gasteiger partial charge in [0.15, 0.2) is 0 Å². The largest absolute Gasteiger partial charge is 0.314 e. The number of nitrogens with zero attached hydrogens (tertiary/aromatic N) is 3. The van der Waals surface area contributed by atoms with Crippen LogP contribution < -0.4 is 5.32 Å². The highest BCUT2D eigenvalue weighted by Crippen LogP contribution is 2.28. The lowest BCUT2D eigenvalue weighted by Crippen LogP contribution is -2.49. The van der Waals surface area contributed by atoms with Crippen LogP contribution in [0.25, 0.3) is 0 Å². The molecule has 0 aliphatic carbocycles. The van der Waals surface area contributed by atoms with Crippen molar-refractivity contribution < 1.29 is 4.92 Å². The average Bonchev–Trinajstić information content (AvgIpc) is 3.04. The quantitative estimate of drug-likeness (QED) is 0.639. The van der Waals surface area contributed by atoms with Gasteiger partial charge in [-0.3, -0.25) is 19.9 Å². The van der Waals surface area contributed by atoms with E-state index in [0.717, 1.165) is 56.9 Å². The van der Waals surface area contributed by atoms with E-state index < -0.39 is 0 Å². The lowest BCUT2D eigenvalue weighted by Gasteiger charge is -2.32. The smallest absolute Gasteiger partial charge is 0.273 e. The van der Waals surface area contributed by atoms with Gasteiger partial charge in [-0.25, -0.2) is 0 Å². The van der Waals surface area contributed by atoms with Crippen molar-refractivity contribution in [1.29, 1.82) is 0 Å². The lowest BCUT2D eigenvalue weighted by atomic mass is 9.99. The molecule has 0 bridgehead atoms. The Kier molecular flexibility index (Phi) is 7.19. The maximum Gasteiger partial charge on any atom is 0.273 e.